The second-order valence-corrected chi connectivity index (χ2v) is 4.28. The molecule has 1 heterocycles. The first-order valence-corrected chi connectivity index (χ1v) is 6.25. The van der Waals surface area contributed by atoms with E-state index in [1.807, 2.05) is 30.3 Å². The van der Waals surface area contributed by atoms with Crippen molar-refractivity contribution in [3.63, 3.8) is 0 Å². The highest BCUT2D eigenvalue weighted by Gasteiger charge is 2.18. The molecule has 110 valence electrons. The molecule has 0 aliphatic rings. The molecule has 0 saturated carbocycles. The van der Waals surface area contributed by atoms with Crippen LogP contribution in [0.25, 0.3) is 5.69 Å². The van der Waals surface area contributed by atoms with Crippen molar-refractivity contribution < 1.29 is 19.4 Å². The van der Waals surface area contributed by atoms with Crippen LogP contribution < -0.4 is 5.32 Å². The average Bonchev–Trinajstić information content (AvgIpc) is 2.98. The molecular weight excluding hydrogens is 274 g/mol. The fourth-order valence-electron chi connectivity index (χ4n) is 1.72. The van der Waals surface area contributed by atoms with Gasteiger partial charge in [-0.25, -0.2) is 9.48 Å². The summed E-state index contributed by atoms with van der Waals surface area (Å²) < 4.78 is 6.31. The number of carboxylic acid groups (broad SMARTS) is 1. The van der Waals surface area contributed by atoms with Gasteiger partial charge in [0.2, 0.25) is 0 Å². The molecular formula is C14H15N3O4. The Labute approximate surface area is 121 Å². The minimum absolute atomic E-state index is 0.110. The Morgan fingerprint density at radius 2 is 2.10 bits per heavy atom. The predicted molar refractivity (Wildman–Crippen MR) is 74.3 cm³/mol. The highest BCUT2D eigenvalue weighted by molar-refractivity contribution is 5.94. The number of benzene rings is 1. The molecule has 1 atom stereocenters. The molecule has 0 aliphatic heterocycles. The molecule has 0 fully saturated rings. The molecule has 0 radical (unpaired) electrons. The maximum absolute atomic E-state index is 11.9. The third-order valence-electron chi connectivity index (χ3n) is 2.87. The number of nitrogens with one attached hydrogen (secondary N) is 1. The number of para-hydroxylation sites is 1. The lowest BCUT2D eigenvalue weighted by atomic mass is 10.3. The topological polar surface area (TPSA) is 93.5 Å². The molecule has 21 heavy (non-hydrogen) atoms. The minimum Gasteiger partial charge on any atom is -0.479 e. The Balaban J connectivity index is 2.01. The maximum atomic E-state index is 11.9. The smallest absolute Gasteiger partial charge is 0.334 e. The van der Waals surface area contributed by atoms with Crippen LogP contribution in [0.2, 0.25) is 0 Å². The molecule has 0 spiro atoms. The first-order chi connectivity index (χ1) is 10.1. The zero-order valence-corrected chi connectivity index (χ0v) is 11.4. The Kier molecular flexibility index (Phi) is 4.68. The third-order valence-corrected chi connectivity index (χ3v) is 2.87. The Hall–Kier alpha value is -2.67. The summed E-state index contributed by atoms with van der Waals surface area (Å²) in [6.07, 6.45) is 1.93. The number of nitrogens with zero attached hydrogens (tertiary/aromatic N) is 2. The number of methoxy groups -OCH3 is 1. The Morgan fingerprint density at radius 1 is 1.38 bits per heavy atom. The molecule has 2 rings (SSSR count). The van der Waals surface area contributed by atoms with Gasteiger partial charge in [-0.1, -0.05) is 18.2 Å². The number of hydrogen-bond donors (Lipinski definition) is 2. The van der Waals surface area contributed by atoms with Crippen LogP contribution in [0.4, 0.5) is 0 Å². The van der Waals surface area contributed by atoms with Crippen molar-refractivity contribution in [1.82, 2.24) is 15.1 Å². The monoisotopic (exact) mass is 289 g/mol. The lowest BCUT2D eigenvalue weighted by Crippen LogP contribution is -2.37. The van der Waals surface area contributed by atoms with E-state index >= 15 is 0 Å². The highest BCUT2D eigenvalue weighted by Crippen LogP contribution is 2.07. The number of amides is 1. The molecule has 0 saturated heterocycles. The van der Waals surface area contributed by atoms with Crippen molar-refractivity contribution in [2.45, 2.75) is 6.10 Å². The van der Waals surface area contributed by atoms with Gasteiger partial charge >= 0.3 is 5.97 Å². The number of aromatic nitrogens is 2. The molecule has 2 N–H and O–H groups in total. The fraction of sp³-hybridized carbons (Fsp3) is 0.214. The second kappa shape index (κ2) is 6.67. The van der Waals surface area contributed by atoms with Gasteiger partial charge in [-0.15, -0.1) is 0 Å². The van der Waals surface area contributed by atoms with Crippen molar-refractivity contribution in [2.24, 2.45) is 0 Å². The third kappa shape index (κ3) is 3.67. The number of ether oxygens (including phenoxy) is 1. The lowest BCUT2D eigenvalue weighted by molar-refractivity contribution is -0.148. The van der Waals surface area contributed by atoms with Gasteiger partial charge in [-0.2, -0.15) is 5.10 Å². The van der Waals surface area contributed by atoms with Crippen LogP contribution in [0.15, 0.2) is 42.7 Å². The summed E-state index contributed by atoms with van der Waals surface area (Å²) in [5.41, 5.74) is 1.18. The van der Waals surface area contributed by atoms with E-state index < -0.39 is 18.0 Å². The zero-order chi connectivity index (χ0) is 15.2. The first kappa shape index (κ1) is 14.7. The van der Waals surface area contributed by atoms with Crippen LogP contribution in [-0.2, 0) is 9.53 Å². The number of carbonyl (C=O) groups is 2. The van der Waals surface area contributed by atoms with Crippen LogP contribution in [0, 0.1) is 0 Å². The van der Waals surface area contributed by atoms with E-state index in [1.54, 1.807) is 10.9 Å². The van der Waals surface area contributed by atoms with Crippen LogP contribution in [-0.4, -0.2) is 46.5 Å². The molecule has 1 unspecified atom stereocenters. The van der Waals surface area contributed by atoms with Gasteiger partial charge in [-0.05, 0) is 12.1 Å². The molecule has 1 aromatic carbocycles. The SMILES string of the molecule is COC(CNC(=O)c1cnn(-c2ccccc2)c1)C(=O)O. The van der Waals surface area contributed by atoms with Crippen LogP contribution in [0.3, 0.4) is 0 Å². The van der Waals surface area contributed by atoms with Crippen molar-refractivity contribution in [3.05, 3.63) is 48.3 Å². The number of rotatable bonds is 6. The normalized spacial score (nSPS) is 11.9. The van der Waals surface area contributed by atoms with Crippen LogP contribution in [0.1, 0.15) is 10.4 Å². The van der Waals surface area contributed by atoms with Crippen LogP contribution in [0.5, 0.6) is 0 Å². The van der Waals surface area contributed by atoms with Gasteiger partial charge in [0.1, 0.15) is 0 Å². The molecule has 0 bridgehead atoms. The number of carboxylic acids is 1. The quantitative estimate of drug-likeness (QED) is 0.816. The fourth-order valence-corrected chi connectivity index (χ4v) is 1.72. The summed E-state index contributed by atoms with van der Waals surface area (Å²) >= 11 is 0. The lowest BCUT2D eigenvalue weighted by Gasteiger charge is -2.10. The highest BCUT2D eigenvalue weighted by atomic mass is 16.5. The predicted octanol–water partition coefficient (Wildman–Crippen LogP) is 0.702. The molecule has 0 aliphatic carbocycles. The van der Waals surface area contributed by atoms with E-state index in [1.165, 1.54) is 13.3 Å². The molecule has 7 nitrogen and oxygen atoms in total. The summed E-state index contributed by atoms with van der Waals surface area (Å²) in [4.78, 5) is 22.7. The van der Waals surface area contributed by atoms with E-state index in [0.29, 0.717) is 5.56 Å². The van der Waals surface area contributed by atoms with Gasteiger partial charge in [-0.3, -0.25) is 4.79 Å². The average molecular weight is 289 g/mol. The van der Waals surface area contributed by atoms with E-state index in [9.17, 15) is 9.59 Å². The van der Waals surface area contributed by atoms with E-state index in [4.69, 9.17) is 9.84 Å². The van der Waals surface area contributed by atoms with Crippen molar-refractivity contribution >= 4 is 11.9 Å². The van der Waals surface area contributed by atoms with Gasteiger partial charge in [0.15, 0.2) is 6.10 Å². The Bertz CT molecular complexity index is 624. The summed E-state index contributed by atoms with van der Waals surface area (Å²) in [6, 6.07) is 9.34. The van der Waals surface area contributed by atoms with E-state index in [-0.39, 0.29) is 6.54 Å². The van der Waals surface area contributed by atoms with E-state index in [2.05, 4.69) is 10.4 Å². The zero-order valence-electron chi connectivity index (χ0n) is 11.4. The summed E-state index contributed by atoms with van der Waals surface area (Å²) in [5.74, 6) is -1.53. The number of carbonyl (C=O) groups excluding carboxylic acids is 1. The molecule has 1 aromatic heterocycles. The van der Waals surface area contributed by atoms with Gasteiger partial charge in [0.05, 0.1) is 24.0 Å². The number of aliphatic carboxylic acids is 1. The summed E-state index contributed by atoms with van der Waals surface area (Å²) in [6.45, 7) is -0.110. The van der Waals surface area contributed by atoms with Crippen molar-refractivity contribution in [2.75, 3.05) is 13.7 Å². The largest absolute Gasteiger partial charge is 0.479 e. The molecule has 7 heteroatoms. The van der Waals surface area contributed by atoms with Gasteiger partial charge in [0.25, 0.3) is 5.91 Å². The second-order valence-electron chi connectivity index (χ2n) is 4.28. The van der Waals surface area contributed by atoms with Crippen LogP contribution >= 0.6 is 0 Å². The molecule has 2 aromatic rings. The minimum atomic E-state index is -1.13. The van der Waals surface area contributed by atoms with Crippen molar-refractivity contribution in [1.29, 1.82) is 0 Å². The van der Waals surface area contributed by atoms with Crippen molar-refractivity contribution in [3.8, 4) is 5.69 Å². The van der Waals surface area contributed by atoms with E-state index in [0.717, 1.165) is 5.69 Å². The number of hydrogen-bond acceptors (Lipinski definition) is 4. The Morgan fingerprint density at radius 3 is 2.71 bits per heavy atom. The van der Waals surface area contributed by atoms with Gasteiger partial charge in [0, 0.05) is 13.3 Å². The summed E-state index contributed by atoms with van der Waals surface area (Å²) in [5, 5.41) is 15.4. The summed E-state index contributed by atoms with van der Waals surface area (Å²) in [7, 11) is 1.28. The standard InChI is InChI=1S/C14H15N3O4/c1-21-12(14(19)20)8-15-13(18)10-7-16-17(9-10)11-5-3-2-4-6-11/h2-7,9,12H,8H2,1H3,(H,15,18)(H,19,20). The van der Waals surface area contributed by atoms with Gasteiger partial charge < -0.3 is 15.2 Å². The first-order valence-electron chi connectivity index (χ1n) is 6.25. The molecule has 1 amide bonds. The maximum Gasteiger partial charge on any atom is 0.334 e.